The van der Waals surface area contributed by atoms with Crippen molar-refractivity contribution in [1.82, 2.24) is 19.9 Å². The third-order valence-corrected chi connectivity index (χ3v) is 5.33. The van der Waals surface area contributed by atoms with Gasteiger partial charge in [0.1, 0.15) is 11.5 Å². The van der Waals surface area contributed by atoms with E-state index in [1.165, 1.54) is 11.3 Å². The fourth-order valence-electron chi connectivity index (χ4n) is 3.17. The summed E-state index contributed by atoms with van der Waals surface area (Å²) in [5.41, 5.74) is 11.0. The Bertz CT molecular complexity index is 1240. The molecule has 6 nitrogen and oxygen atoms in total. The maximum absolute atomic E-state index is 5.85. The van der Waals surface area contributed by atoms with Crippen molar-refractivity contribution in [2.24, 2.45) is 0 Å². The van der Waals surface area contributed by atoms with Crippen molar-refractivity contribution >= 4 is 43.5 Å². The molecule has 0 radical (unpaired) electrons. The molecule has 0 fully saturated rings. The number of anilines is 2. The van der Waals surface area contributed by atoms with Crippen molar-refractivity contribution in [3.8, 4) is 11.1 Å². The van der Waals surface area contributed by atoms with Crippen LogP contribution >= 0.6 is 11.3 Å². The molecule has 0 amide bonds. The summed E-state index contributed by atoms with van der Waals surface area (Å²) in [6.45, 7) is 0.683. The second-order valence-electron chi connectivity index (χ2n) is 6.24. The Morgan fingerprint density at radius 2 is 1.93 bits per heavy atom. The number of nitrogens with two attached hydrogens (primary N) is 1. The van der Waals surface area contributed by atoms with E-state index >= 15 is 0 Å². The fraction of sp³-hybridized carbons (Fsp3) is 0.0500. The van der Waals surface area contributed by atoms with Gasteiger partial charge in [-0.3, -0.25) is 4.98 Å². The molecular weight excluding hydrogens is 356 g/mol. The Labute approximate surface area is 159 Å². The minimum atomic E-state index is 0.586. The second-order valence-corrected chi connectivity index (χ2v) is 7.30. The summed E-state index contributed by atoms with van der Waals surface area (Å²) in [6.07, 6.45) is 5.49. The van der Waals surface area contributed by atoms with Gasteiger partial charge in [0.25, 0.3) is 0 Å². The van der Waals surface area contributed by atoms with Gasteiger partial charge < -0.3 is 16.0 Å². The zero-order valence-electron chi connectivity index (χ0n) is 14.3. The van der Waals surface area contributed by atoms with Crippen LogP contribution in [0.15, 0.2) is 61.1 Å². The number of pyridine rings is 2. The average molecular weight is 372 g/mol. The van der Waals surface area contributed by atoms with Crippen LogP contribution in [0, 0.1) is 0 Å². The lowest BCUT2D eigenvalue weighted by atomic mass is 10.0. The number of hydrogen-bond donors (Lipinski definition) is 3. The molecule has 1 aromatic carbocycles. The van der Waals surface area contributed by atoms with Crippen LogP contribution in [-0.4, -0.2) is 19.9 Å². The van der Waals surface area contributed by atoms with Crippen LogP contribution in [0.3, 0.4) is 0 Å². The SMILES string of the molecule is Nc1nc2cc(-c3cc(NCc4ccncc4)nc4[nH]ccc34)ccc2s1. The van der Waals surface area contributed by atoms with Gasteiger partial charge in [0.15, 0.2) is 5.13 Å². The van der Waals surface area contributed by atoms with Crippen LogP contribution in [0.4, 0.5) is 10.9 Å². The number of aromatic amines is 1. The van der Waals surface area contributed by atoms with Gasteiger partial charge in [-0.25, -0.2) is 9.97 Å². The number of nitrogens with one attached hydrogen (secondary N) is 2. The number of rotatable bonds is 4. The predicted molar refractivity (Wildman–Crippen MR) is 111 cm³/mol. The molecule has 7 heteroatoms. The zero-order valence-corrected chi connectivity index (χ0v) is 15.1. The first-order valence-corrected chi connectivity index (χ1v) is 9.35. The van der Waals surface area contributed by atoms with Gasteiger partial charge in [-0.15, -0.1) is 0 Å². The molecule has 5 aromatic rings. The normalized spacial score (nSPS) is 11.3. The molecule has 0 saturated carbocycles. The highest BCUT2D eigenvalue weighted by atomic mass is 32.1. The minimum Gasteiger partial charge on any atom is -0.375 e. The summed E-state index contributed by atoms with van der Waals surface area (Å²) in [4.78, 5) is 16.4. The lowest BCUT2D eigenvalue weighted by Crippen LogP contribution is -2.02. The van der Waals surface area contributed by atoms with Crippen LogP contribution < -0.4 is 11.1 Å². The molecular formula is C20H16N6S. The molecule has 0 bridgehead atoms. The van der Waals surface area contributed by atoms with Gasteiger partial charge in [0.05, 0.1) is 10.2 Å². The minimum absolute atomic E-state index is 0.586. The monoisotopic (exact) mass is 372 g/mol. The van der Waals surface area contributed by atoms with Crippen LogP contribution in [0.25, 0.3) is 32.4 Å². The first-order chi connectivity index (χ1) is 13.3. The highest BCUT2D eigenvalue weighted by Gasteiger charge is 2.11. The molecule has 0 aliphatic heterocycles. The number of hydrogen-bond acceptors (Lipinski definition) is 6. The van der Waals surface area contributed by atoms with E-state index in [2.05, 4.69) is 49.5 Å². The van der Waals surface area contributed by atoms with E-state index in [4.69, 9.17) is 5.73 Å². The van der Waals surface area contributed by atoms with E-state index in [1.54, 1.807) is 12.4 Å². The zero-order chi connectivity index (χ0) is 18.2. The van der Waals surface area contributed by atoms with Crippen molar-refractivity contribution in [2.75, 3.05) is 11.1 Å². The van der Waals surface area contributed by atoms with Crippen molar-refractivity contribution in [3.63, 3.8) is 0 Å². The first kappa shape index (κ1) is 15.8. The number of nitrogens with zero attached hydrogens (tertiary/aromatic N) is 3. The summed E-state index contributed by atoms with van der Waals surface area (Å²) < 4.78 is 1.09. The summed E-state index contributed by atoms with van der Waals surface area (Å²) in [5.74, 6) is 0.814. The van der Waals surface area contributed by atoms with Crippen LogP contribution in [0.5, 0.6) is 0 Å². The van der Waals surface area contributed by atoms with E-state index in [9.17, 15) is 0 Å². The number of fused-ring (bicyclic) bond motifs is 2. The maximum Gasteiger partial charge on any atom is 0.181 e. The quantitative estimate of drug-likeness (QED) is 0.434. The molecule has 0 aliphatic carbocycles. The highest BCUT2D eigenvalue weighted by molar-refractivity contribution is 7.22. The Balaban J connectivity index is 1.56. The highest BCUT2D eigenvalue weighted by Crippen LogP contribution is 2.33. The number of nitrogen functional groups attached to an aromatic ring is 1. The molecule has 4 N–H and O–H groups in total. The summed E-state index contributed by atoms with van der Waals surface area (Å²) >= 11 is 1.50. The van der Waals surface area contributed by atoms with Gasteiger partial charge in [0.2, 0.25) is 0 Å². The van der Waals surface area contributed by atoms with Crippen molar-refractivity contribution in [3.05, 3.63) is 66.6 Å². The van der Waals surface area contributed by atoms with E-state index in [-0.39, 0.29) is 0 Å². The third kappa shape index (κ3) is 2.98. The van der Waals surface area contributed by atoms with E-state index in [0.717, 1.165) is 43.8 Å². The number of H-pyrrole nitrogens is 1. The summed E-state index contributed by atoms with van der Waals surface area (Å²) in [5, 5.41) is 5.06. The Morgan fingerprint density at radius 1 is 1.04 bits per heavy atom. The molecule has 132 valence electrons. The molecule has 0 atom stereocenters. The lowest BCUT2D eigenvalue weighted by molar-refractivity contribution is 1.10. The molecule has 4 aromatic heterocycles. The van der Waals surface area contributed by atoms with Gasteiger partial charge in [-0.2, -0.15) is 0 Å². The largest absolute Gasteiger partial charge is 0.375 e. The maximum atomic E-state index is 5.85. The molecule has 4 heterocycles. The molecule has 27 heavy (non-hydrogen) atoms. The van der Waals surface area contributed by atoms with Crippen molar-refractivity contribution < 1.29 is 0 Å². The topological polar surface area (TPSA) is 92.5 Å². The van der Waals surface area contributed by atoms with E-state index < -0.39 is 0 Å². The predicted octanol–water partition coefficient (Wildman–Crippen LogP) is 4.43. The van der Waals surface area contributed by atoms with Crippen LogP contribution in [-0.2, 0) is 6.54 Å². The third-order valence-electron chi connectivity index (χ3n) is 4.47. The first-order valence-electron chi connectivity index (χ1n) is 8.53. The molecule has 0 spiro atoms. The average Bonchev–Trinajstić information content (AvgIpc) is 3.31. The Hall–Kier alpha value is -3.45. The molecule has 0 saturated heterocycles. The van der Waals surface area contributed by atoms with Crippen molar-refractivity contribution in [1.29, 1.82) is 0 Å². The van der Waals surface area contributed by atoms with Crippen molar-refractivity contribution in [2.45, 2.75) is 6.54 Å². The van der Waals surface area contributed by atoms with Gasteiger partial charge >= 0.3 is 0 Å². The molecule has 5 rings (SSSR count). The Kier molecular flexibility index (Phi) is 3.72. The summed E-state index contributed by atoms with van der Waals surface area (Å²) in [7, 11) is 0. The number of aromatic nitrogens is 4. The van der Waals surface area contributed by atoms with Crippen LogP contribution in [0.1, 0.15) is 5.56 Å². The fourth-order valence-corrected chi connectivity index (χ4v) is 3.89. The Morgan fingerprint density at radius 3 is 2.81 bits per heavy atom. The van der Waals surface area contributed by atoms with E-state index in [1.807, 2.05) is 24.4 Å². The number of thiazole rings is 1. The lowest BCUT2D eigenvalue weighted by Gasteiger charge is -2.10. The van der Waals surface area contributed by atoms with E-state index in [0.29, 0.717) is 11.7 Å². The van der Waals surface area contributed by atoms with Gasteiger partial charge in [-0.05, 0) is 53.1 Å². The molecule has 0 unspecified atom stereocenters. The molecule has 0 aliphatic rings. The number of benzene rings is 1. The van der Waals surface area contributed by atoms with Crippen LogP contribution in [0.2, 0.25) is 0 Å². The standard InChI is InChI=1S/C20H16N6S/c21-20-25-16-9-13(1-2-17(16)27-20)15-10-18(26-19-14(15)5-8-23-19)24-11-12-3-6-22-7-4-12/h1-10H,11H2,(H2,21,25)(H2,23,24,26). The smallest absolute Gasteiger partial charge is 0.181 e. The van der Waals surface area contributed by atoms with Gasteiger partial charge in [0, 0.05) is 30.5 Å². The van der Waals surface area contributed by atoms with Gasteiger partial charge in [-0.1, -0.05) is 17.4 Å². The second kappa shape index (κ2) is 6.37. The summed E-state index contributed by atoms with van der Waals surface area (Å²) in [6, 6.07) is 14.4.